The van der Waals surface area contributed by atoms with Gasteiger partial charge in [-0.2, -0.15) is 0 Å². The van der Waals surface area contributed by atoms with E-state index in [0.717, 1.165) is 0 Å². The average Bonchev–Trinajstić information content (AvgIpc) is 1.89. The van der Waals surface area contributed by atoms with E-state index >= 15 is 0 Å². The Kier molecular flexibility index (Phi) is 4.70. The molecular formula is C6H16N4. The van der Waals surface area contributed by atoms with Crippen molar-refractivity contribution in [3.63, 3.8) is 0 Å². The van der Waals surface area contributed by atoms with Gasteiger partial charge in [-0.15, -0.1) is 0 Å². The van der Waals surface area contributed by atoms with E-state index in [9.17, 15) is 0 Å². The van der Waals surface area contributed by atoms with Crippen LogP contribution < -0.4 is 22.9 Å². The van der Waals surface area contributed by atoms with Crippen LogP contribution in [0.1, 0.15) is 12.8 Å². The van der Waals surface area contributed by atoms with Crippen molar-refractivity contribution in [2.75, 3.05) is 13.1 Å². The van der Waals surface area contributed by atoms with Gasteiger partial charge in [0.25, 0.3) is 0 Å². The Labute approximate surface area is 61.2 Å². The predicted molar refractivity (Wildman–Crippen MR) is 42.7 cm³/mol. The molecule has 0 unspecified atom stereocenters. The standard InChI is InChI=1S/C6H16N4/c7-3-1-5(9)6(10)2-4-8/h1-4,7-10H2. The third-order valence-electron chi connectivity index (χ3n) is 1.24. The quantitative estimate of drug-likeness (QED) is 0.398. The first kappa shape index (κ1) is 9.26. The zero-order valence-electron chi connectivity index (χ0n) is 6.14. The fourth-order valence-corrected chi connectivity index (χ4v) is 0.632. The van der Waals surface area contributed by atoms with Gasteiger partial charge in [0.2, 0.25) is 0 Å². The van der Waals surface area contributed by atoms with Crippen LogP contribution in [-0.4, -0.2) is 13.1 Å². The number of nitrogens with two attached hydrogens (primary N) is 4. The summed E-state index contributed by atoms with van der Waals surface area (Å²) in [5.41, 5.74) is 22.9. The van der Waals surface area contributed by atoms with Crippen molar-refractivity contribution >= 4 is 0 Å². The molecule has 0 saturated heterocycles. The van der Waals surface area contributed by atoms with Crippen LogP contribution in [0.25, 0.3) is 0 Å². The van der Waals surface area contributed by atoms with Crippen molar-refractivity contribution in [1.82, 2.24) is 0 Å². The maximum Gasteiger partial charge on any atom is 0.0284 e. The lowest BCUT2D eigenvalue weighted by Gasteiger charge is -2.03. The van der Waals surface area contributed by atoms with E-state index in [1.807, 2.05) is 0 Å². The highest BCUT2D eigenvalue weighted by molar-refractivity contribution is 5.07. The lowest BCUT2D eigenvalue weighted by atomic mass is 10.2. The zero-order valence-corrected chi connectivity index (χ0v) is 6.14. The first-order chi connectivity index (χ1) is 4.72. The molecule has 4 nitrogen and oxygen atoms in total. The van der Waals surface area contributed by atoms with Gasteiger partial charge in [0.15, 0.2) is 0 Å². The minimum atomic E-state index is 0.539. The largest absolute Gasteiger partial charge is 0.401 e. The summed E-state index contributed by atoms with van der Waals surface area (Å²) in [6, 6.07) is 0. The Bertz CT molecular complexity index is 105. The Morgan fingerprint density at radius 2 is 1.10 bits per heavy atom. The van der Waals surface area contributed by atoms with Crippen LogP contribution in [0.4, 0.5) is 0 Å². The summed E-state index contributed by atoms with van der Waals surface area (Å²) in [4.78, 5) is 0. The van der Waals surface area contributed by atoms with Crippen molar-refractivity contribution in [3.8, 4) is 0 Å². The van der Waals surface area contributed by atoms with E-state index in [1.54, 1.807) is 0 Å². The van der Waals surface area contributed by atoms with Crippen molar-refractivity contribution in [2.24, 2.45) is 22.9 Å². The maximum atomic E-state index is 5.53. The molecule has 0 aromatic carbocycles. The van der Waals surface area contributed by atoms with Crippen molar-refractivity contribution in [1.29, 1.82) is 0 Å². The molecule has 0 heterocycles. The van der Waals surface area contributed by atoms with Crippen molar-refractivity contribution < 1.29 is 0 Å². The summed E-state index contributed by atoms with van der Waals surface area (Å²) in [6.45, 7) is 1.08. The summed E-state index contributed by atoms with van der Waals surface area (Å²) >= 11 is 0. The van der Waals surface area contributed by atoms with Gasteiger partial charge in [0.05, 0.1) is 0 Å². The van der Waals surface area contributed by atoms with Gasteiger partial charge in [-0.05, 0) is 13.1 Å². The van der Waals surface area contributed by atoms with Crippen LogP contribution in [0.5, 0.6) is 0 Å². The highest BCUT2D eigenvalue weighted by Crippen LogP contribution is 1.98. The number of hydrogen-bond donors (Lipinski definition) is 4. The Morgan fingerprint density at radius 3 is 1.30 bits per heavy atom. The van der Waals surface area contributed by atoms with Crippen LogP contribution >= 0.6 is 0 Å². The molecule has 60 valence electrons. The highest BCUT2D eigenvalue weighted by atomic mass is 14.7. The maximum absolute atomic E-state index is 5.53. The van der Waals surface area contributed by atoms with E-state index < -0.39 is 0 Å². The Morgan fingerprint density at radius 1 is 0.800 bits per heavy atom. The number of rotatable bonds is 4. The summed E-state index contributed by atoms with van der Waals surface area (Å²) in [6.07, 6.45) is 1.32. The van der Waals surface area contributed by atoms with Gasteiger partial charge in [-0.25, -0.2) is 0 Å². The fourth-order valence-electron chi connectivity index (χ4n) is 0.632. The molecule has 0 aliphatic heterocycles. The molecule has 10 heavy (non-hydrogen) atoms. The summed E-state index contributed by atoms with van der Waals surface area (Å²) in [7, 11) is 0. The first-order valence-corrected chi connectivity index (χ1v) is 3.35. The molecule has 0 fully saturated rings. The summed E-state index contributed by atoms with van der Waals surface area (Å²) in [5, 5.41) is 0. The van der Waals surface area contributed by atoms with Crippen molar-refractivity contribution in [2.45, 2.75) is 12.8 Å². The lowest BCUT2D eigenvalue weighted by molar-refractivity contribution is 0.856. The normalized spacial score (nSPS) is 13.0. The molecule has 8 N–H and O–H groups in total. The molecule has 0 rings (SSSR count). The first-order valence-electron chi connectivity index (χ1n) is 3.35. The molecule has 0 atom stereocenters. The van der Waals surface area contributed by atoms with E-state index in [-0.39, 0.29) is 0 Å². The van der Waals surface area contributed by atoms with Crippen LogP contribution in [0.3, 0.4) is 0 Å². The van der Waals surface area contributed by atoms with E-state index in [0.29, 0.717) is 37.3 Å². The summed E-state index contributed by atoms with van der Waals surface area (Å²) in [5.74, 6) is 0. The van der Waals surface area contributed by atoms with Crippen molar-refractivity contribution in [3.05, 3.63) is 11.4 Å². The van der Waals surface area contributed by atoms with Gasteiger partial charge in [0.1, 0.15) is 0 Å². The Hall–Kier alpha value is -0.740. The second-order valence-corrected chi connectivity index (χ2v) is 2.13. The number of hydrogen-bond acceptors (Lipinski definition) is 4. The van der Waals surface area contributed by atoms with E-state index in [4.69, 9.17) is 22.9 Å². The molecule has 0 aromatic rings. The average molecular weight is 144 g/mol. The second kappa shape index (κ2) is 5.08. The molecule has 0 aliphatic rings. The SMILES string of the molecule is NCCC(N)=C(N)CCN. The molecule has 0 bridgehead atoms. The lowest BCUT2D eigenvalue weighted by Crippen LogP contribution is -2.16. The minimum Gasteiger partial charge on any atom is -0.401 e. The molecular weight excluding hydrogens is 128 g/mol. The zero-order chi connectivity index (χ0) is 7.98. The third kappa shape index (κ3) is 3.32. The highest BCUT2D eigenvalue weighted by Gasteiger charge is 1.95. The third-order valence-corrected chi connectivity index (χ3v) is 1.24. The van der Waals surface area contributed by atoms with E-state index in [1.165, 1.54) is 0 Å². The van der Waals surface area contributed by atoms with Crippen LogP contribution in [0.2, 0.25) is 0 Å². The summed E-state index contributed by atoms with van der Waals surface area (Å²) < 4.78 is 0. The van der Waals surface area contributed by atoms with Gasteiger partial charge in [0, 0.05) is 24.2 Å². The molecule has 0 saturated carbocycles. The topological polar surface area (TPSA) is 104 Å². The van der Waals surface area contributed by atoms with Gasteiger partial charge < -0.3 is 22.9 Å². The smallest absolute Gasteiger partial charge is 0.0284 e. The van der Waals surface area contributed by atoms with Crippen LogP contribution in [0, 0.1) is 0 Å². The molecule has 0 aliphatic carbocycles. The van der Waals surface area contributed by atoms with E-state index in [2.05, 4.69) is 0 Å². The fraction of sp³-hybridized carbons (Fsp3) is 0.667. The van der Waals surface area contributed by atoms with Crippen LogP contribution in [0.15, 0.2) is 11.4 Å². The second-order valence-electron chi connectivity index (χ2n) is 2.13. The molecule has 0 aromatic heterocycles. The molecule has 0 amide bonds. The monoisotopic (exact) mass is 144 g/mol. The van der Waals surface area contributed by atoms with Crippen LogP contribution in [-0.2, 0) is 0 Å². The predicted octanol–water partition coefficient (Wildman–Crippen LogP) is -1.19. The molecule has 0 radical (unpaired) electrons. The van der Waals surface area contributed by atoms with Gasteiger partial charge in [-0.1, -0.05) is 0 Å². The minimum absolute atomic E-state index is 0.539. The van der Waals surface area contributed by atoms with Gasteiger partial charge >= 0.3 is 0 Å². The molecule has 4 heteroatoms. The Balaban J connectivity index is 3.79. The molecule has 0 spiro atoms. The van der Waals surface area contributed by atoms with Gasteiger partial charge in [-0.3, -0.25) is 0 Å².